The third-order valence-electron chi connectivity index (χ3n) is 3.04. The van der Waals surface area contributed by atoms with Crippen molar-refractivity contribution in [3.63, 3.8) is 0 Å². The first kappa shape index (κ1) is 17.9. The summed E-state index contributed by atoms with van der Waals surface area (Å²) in [6.45, 7) is 0. The molecule has 2 aromatic carbocycles. The zero-order valence-corrected chi connectivity index (χ0v) is 12.8. The largest absolute Gasteiger partial charge is 0.502 e. The van der Waals surface area contributed by atoms with E-state index < -0.39 is 34.2 Å². The molecule has 1 amide bonds. The summed E-state index contributed by atoms with van der Waals surface area (Å²) < 4.78 is 56.1. The van der Waals surface area contributed by atoms with Gasteiger partial charge in [0.15, 0.2) is 17.3 Å². The first-order chi connectivity index (χ1) is 11.1. The molecule has 0 aliphatic carbocycles. The number of ether oxygens (including phenoxy) is 1. The second-order valence-corrected chi connectivity index (χ2v) is 5.06. The Balaban J connectivity index is 2.27. The molecule has 0 aliphatic heterocycles. The SMILES string of the molecule is COc1cc(C(=O)Nc2ccc(C(F)(F)F)c(Cl)c2)cc(F)c1O. The van der Waals surface area contributed by atoms with E-state index >= 15 is 0 Å². The van der Waals surface area contributed by atoms with Gasteiger partial charge in [0.2, 0.25) is 0 Å². The van der Waals surface area contributed by atoms with Gasteiger partial charge in [-0.1, -0.05) is 11.6 Å². The summed E-state index contributed by atoms with van der Waals surface area (Å²) in [7, 11) is 1.17. The van der Waals surface area contributed by atoms with Crippen molar-refractivity contribution in [2.24, 2.45) is 0 Å². The van der Waals surface area contributed by atoms with E-state index in [1.165, 1.54) is 7.11 Å². The van der Waals surface area contributed by atoms with Crippen molar-refractivity contribution < 1.29 is 32.2 Å². The maximum absolute atomic E-state index is 13.5. The number of carbonyl (C=O) groups is 1. The van der Waals surface area contributed by atoms with Crippen LogP contribution in [0, 0.1) is 5.82 Å². The third-order valence-corrected chi connectivity index (χ3v) is 3.36. The van der Waals surface area contributed by atoms with Crippen LogP contribution in [0.3, 0.4) is 0 Å². The molecule has 0 saturated heterocycles. The molecular formula is C15H10ClF4NO3. The van der Waals surface area contributed by atoms with Crippen LogP contribution in [0.4, 0.5) is 23.2 Å². The zero-order chi connectivity index (χ0) is 18.1. The molecule has 0 heterocycles. The Kier molecular flexibility index (Phi) is 4.88. The van der Waals surface area contributed by atoms with Crippen LogP contribution in [0.15, 0.2) is 30.3 Å². The zero-order valence-electron chi connectivity index (χ0n) is 12.0. The van der Waals surface area contributed by atoms with E-state index in [0.29, 0.717) is 0 Å². The van der Waals surface area contributed by atoms with Gasteiger partial charge in [0, 0.05) is 11.3 Å². The van der Waals surface area contributed by atoms with E-state index in [-0.39, 0.29) is 17.0 Å². The standard InChI is InChI=1S/C15H10ClF4NO3/c1-24-12-5-7(4-11(17)13(12)22)14(23)21-8-2-3-9(10(16)6-8)15(18,19)20/h2-6,22H,1H3,(H,21,23). The molecule has 0 aromatic heterocycles. The summed E-state index contributed by atoms with van der Waals surface area (Å²) in [5.41, 5.74) is -1.25. The third kappa shape index (κ3) is 3.70. The van der Waals surface area contributed by atoms with Crippen molar-refractivity contribution in [1.82, 2.24) is 0 Å². The summed E-state index contributed by atoms with van der Waals surface area (Å²) in [5.74, 6) is -2.91. The predicted octanol–water partition coefficient (Wildman–Crippen LogP) is 4.46. The van der Waals surface area contributed by atoms with Crippen LogP contribution in [0.2, 0.25) is 5.02 Å². The summed E-state index contributed by atoms with van der Waals surface area (Å²) in [4.78, 5) is 12.1. The molecule has 0 atom stereocenters. The van der Waals surface area contributed by atoms with E-state index in [0.717, 1.165) is 30.3 Å². The highest BCUT2D eigenvalue weighted by atomic mass is 35.5. The summed E-state index contributed by atoms with van der Waals surface area (Å²) >= 11 is 5.55. The van der Waals surface area contributed by atoms with Gasteiger partial charge in [-0.3, -0.25) is 4.79 Å². The number of phenolic OH excluding ortho intramolecular Hbond substituents is 1. The Morgan fingerprint density at radius 2 is 1.92 bits per heavy atom. The number of phenols is 1. The number of benzene rings is 2. The van der Waals surface area contributed by atoms with Gasteiger partial charge in [-0.2, -0.15) is 13.2 Å². The van der Waals surface area contributed by atoms with E-state index in [2.05, 4.69) is 5.32 Å². The van der Waals surface area contributed by atoms with Crippen LogP contribution in [0.5, 0.6) is 11.5 Å². The second kappa shape index (κ2) is 6.56. The van der Waals surface area contributed by atoms with Crippen LogP contribution in [0.1, 0.15) is 15.9 Å². The Labute approximate surface area is 138 Å². The quantitative estimate of drug-likeness (QED) is 0.791. The number of alkyl halides is 3. The molecule has 2 aromatic rings. The lowest BCUT2D eigenvalue weighted by molar-refractivity contribution is -0.137. The number of rotatable bonds is 3. The van der Waals surface area contributed by atoms with Crippen molar-refractivity contribution in [2.75, 3.05) is 12.4 Å². The van der Waals surface area contributed by atoms with Crippen LogP contribution >= 0.6 is 11.6 Å². The van der Waals surface area contributed by atoms with Gasteiger partial charge in [-0.05, 0) is 30.3 Å². The second-order valence-electron chi connectivity index (χ2n) is 4.66. The fourth-order valence-corrected chi connectivity index (χ4v) is 2.17. The highest BCUT2D eigenvalue weighted by molar-refractivity contribution is 6.31. The van der Waals surface area contributed by atoms with Crippen LogP contribution in [-0.4, -0.2) is 18.1 Å². The maximum atomic E-state index is 13.5. The molecule has 0 bridgehead atoms. The first-order valence-corrected chi connectivity index (χ1v) is 6.76. The number of aromatic hydroxyl groups is 1. The van der Waals surface area contributed by atoms with Crippen molar-refractivity contribution in [2.45, 2.75) is 6.18 Å². The van der Waals surface area contributed by atoms with Crippen LogP contribution < -0.4 is 10.1 Å². The molecule has 0 aliphatic rings. The Bertz CT molecular complexity index is 793. The molecule has 128 valence electrons. The Morgan fingerprint density at radius 1 is 1.25 bits per heavy atom. The number of halogens is 5. The minimum atomic E-state index is -4.62. The normalized spacial score (nSPS) is 11.2. The molecular weight excluding hydrogens is 354 g/mol. The predicted molar refractivity (Wildman–Crippen MR) is 79.0 cm³/mol. The van der Waals surface area contributed by atoms with Gasteiger partial charge in [-0.25, -0.2) is 4.39 Å². The summed E-state index contributed by atoms with van der Waals surface area (Å²) in [6.07, 6.45) is -4.62. The van der Waals surface area contributed by atoms with Gasteiger partial charge < -0.3 is 15.2 Å². The Hall–Kier alpha value is -2.48. The average Bonchev–Trinajstić information content (AvgIpc) is 2.48. The lowest BCUT2D eigenvalue weighted by atomic mass is 10.1. The molecule has 2 N–H and O–H groups in total. The molecule has 4 nitrogen and oxygen atoms in total. The van der Waals surface area contributed by atoms with E-state index in [4.69, 9.17) is 16.3 Å². The van der Waals surface area contributed by atoms with E-state index in [1.807, 2.05) is 0 Å². The smallest absolute Gasteiger partial charge is 0.417 e. The van der Waals surface area contributed by atoms with E-state index in [1.54, 1.807) is 0 Å². The number of hydrogen-bond acceptors (Lipinski definition) is 3. The summed E-state index contributed by atoms with van der Waals surface area (Å²) in [5, 5.41) is 11.1. The van der Waals surface area contributed by atoms with Crippen molar-refractivity contribution >= 4 is 23.2 Å². The number of carbonyl (C=O) groups excluding carboxylic acids is 1. The van der Waals surface area contributed by atoms with Crippen LogP contribution in [0.25, 0.3) is 0 Å². The van der Waals surface area contributed by atoms with Gasteiger partial charge in [0.1, 0.15) is 0 Å². The van der Waals surface area contributed by atoms with Crippen LogP contribution in [-0.2, 0) is 6.18 Å². The number of hydrogen-bond donors (Lipinski definition) is 2. The van der Waals surface area contributed by atoms with E-state index in [9.17, 15) is 27.5 Å². The average molecular weight is 364 g/mol. The molecule has 0 saturated carbocycles. The molecule has 9 heteroatoms. The minimum Gasteiger partial charge on any atom is -0.502 e. The van der Waals surface area contributed by atoms with Gasteiger partial charge in [0.25, 0.3) is 5.91 Å². The number of methoxy groups -OCH3 is 1. The maximum Gasteiger partial charge on any atom is 0.417 e. The van der Waals surface area contributed by atoms with Crippen molar-refractivity contribution in [1.29, 1.82) is 0 Å². The molecule has 0 unspecified atom stereocenters. The summed E-state index contributed by atoms with van der Waals surface area (Å²) in [6, 6.07) is 4.51. The minimum absolute atomic E-state index is 0.00884. The molecule has 0 fully saturated rings. The number of amides is 1. The lowest BCUT2D eigenvalue weighted by Gasteiger charge is -2.12. The fraction of sp³-hybridized carbons (Fsp3) is 0.133. The van der Waals surface area contributed by atoms with Gasteiger partial charge in [-0.15, -0.1) is 0 Å². The number of nitrogens with one attached hydrogen (secondary N) is 1. The Morgan fingerprint density at radius 3 is 2.46 bits per heavy atom. The lowest BCUT2D eigenvalue weighted by Crippen LogP contribution is -2.13. The molecule has 0 spiro atoms. The topological polar surface area (TPSA) is 58.6 Å². The molecule has 2 rings (SSSR count). The highest BCUT2D eigenvalue weighted by Gasteiger charge is 2.33. The number of anilines is 1. The van der Waals surface area contributed by atoms with Gasteiger partial charge in [0.05, 0.1) is 17.7 Å². The first-order valence-electron chi connectivity index (χ1n) is 6.38. The monoisotopic (exact) mass is 363 g/mol. The fourth-order valence-electron chi connectivity index (χ4n) is 1.89. The molecule has 0 radical (unpaired) electrons. The van der Waals surface area contributed by atoms with Crippen molar-refractivity contribution in [3.8, 4) is 11.5 Å². The van der Waals surface area contributed by atoms with Crippen molar-refractivity contribution in [3.05, 3.63) is 52.3 Å². The molecule has 24 heavy (non-hydrogen) atoms. The highest BCUT2D eigenvalue weighted by Crippen LogP contribution is 2.36. The van der Waals surface area contributed by atoms with Gasteiger partial charge >= 0.3 is 6.18 Å².